The summed E-state index contributed by atoms with van der Waals surface area (Å²) in [5, 5.41) is 10.0. The van der Waals surface area contributed by atoms with E-state index in [1.54, 1.807) is 35.2 Å². The third-order valence-corrected chi connectivity index (χ3v) is 4.09. The number of aromatic hydroxyl groups is 1. The molecule has 0 radical (unpaired) electrons. The summed E-state index contributed by atoms with van der Waals surface area (Å²) in [4.78, 5) is 18.8. The molecule has 0 aliphatic heterocycles. The molecule has 1 heterocycles. The fourth-order valence-corrected chi connectivity index (χ4v) is 2.82. The van der Waals surface area contributed by atoms with E-state index < -0.39 is 5.63 Å². The van der Waals surface area contributed by atoms with E-state index in [4.69, 9.17) is 4.42 Å². The number of anilines is 3. The summed E-state index contributed by atoms with van der Waals surface area (Å²) >= 11 is 0. The topological polar surface area (TPSA) is 66.6 Å². The van der Waals surface area contributed by atoms with Crippen molar-refractivity contribution in [2.24, 2.45) is 0 Å². The molecule has 0 spiro atoms. The van der Waals surface area contributed by atoms with Crippen LogP contribution >= 0.6 is 0 Å². The third kappa shape index (κ3) is 2.91. The van der Waals surface area contributed by atoms with E-state index in [1.807, 2.05) is 49.4 Å². The molecular weight excluding hydrogens is 328 g/mol. The van der Waals surface area contributed by atoms with Gasteiger partial charge in [-0.3, -0.25) is 4.90 Å². The second-order valence-corrected chi connectivity index (χ2v) is 5.99. The van der Waals surface area contributed by atoms with Crippen molar-refractivity contribution in [2.75, 3.05) is 4.90 Å². The van der Waals surface area contributed by atoms with Crippen LogP contribution in [-0.4, -0.2) is 10.1 Å². The zero-order valence-corrected chi connectivity index (χ0v) is 14.1. The van der Waals surface area contributed by atoms with Crippen LogP contribution in [0.1, 0.15) is 5.56 Å². The molecule has 0 saturated carbocycles. The van der Waals surface area contributed by atoms with Crippen LogP contribution in [0.5, 0.6) is 5.75 Å². The molecule has 5 nitrogen and oxygen atoms in total. The van der Waals surface area contributed by atoms with E-state index >= 15 is 0 Å². The van der Waals surface area contributed by atoms with Gasteiger partial charge in [0.2, 0.25) is 0 Å². The van der Waals surface area contributed by atoms with Crippen molar-refractivity contribution in [3.63, 3.8) is 0 Å². The normalized spacial score (nSPS) is 10.8. The van der Waals surface area contributed by atoms with Gasteiger partial charge in [0.15, 0.2) is 0 Å². The minimum atomic E-state index is -0.437. The molecular formula is C21H16N2O3. The lowest BCUT2D eigenvalue weighted by atomic mass is 10.2. The molecule has 3 aromatic carbocycles. The molecule has 0 bridgehead atoms. The van der Waals surface area contributed by atoms with E-state index in [9.17, 15) is 9.90 Å². The van der Waals surface area contributed by atoms with Gasteiger partial charge in [-0.25, -0.2) is 4.79 Å². The largest absolute Gasteiger partial charge is 0.508 e. The van der Waals surface area contributed by atoms with Crippen molar-refractivity contribution in [3.05, 3.63) is 88.8 Å². The second-order valence-electron chi connectivity index (χ2n) is 5.99. The van der Waals surface area contributed by atoms with Crippen LogP contribution in [0.25, 0.3) is 10.9 Å². The van der Waals surface area contributed by atoms with E-state index in [-0.39, 0.29) is 11.8 Å². The predicted octanol–water partition coefficient (Wildman–Crippen LogP) is 4.67. The smallest absolute Gasteiger partial charge is 0.348 e. The Morgan fingerprint density at radius 1 is 0.923 bits per heavy atom. The lowest BCUT2D eigenvalue weighted by Gasteiger charge is -2.22. The van der Waals surface area contributed by atoms with Crippen LogP contribution in [0.3, 0.4) is 0 Å². The highest BCUT2D eigenvalue weighted by atomic mass is 16.4. The summed E-state index contributed by atoms with van der Waals surface area (Å²) in [6, 6.07) is 21.8. The maximum Gasteiger partial charge on any atom is 0.348 e. The first-order chi connectivity index (χ1) is 12.6. The number of aromatic nitrogens is 1. The molecule has 0 saturated heterocycles. The first-order valence-electron chi connectivity index (χ1n) is 8.17. The van der Waals surface area contributed by atoms with Crippen molar-refractivity contribution in [2.45, 2.75) is 6.92 Å². The maximum absolute atomic E-state index is 12.5. The number of benzene rings is 3. The second kappa shape index (κ2) is 6.37. The SMILES string of the molecule is Cc1ccc2nc(N(c3ccccc3)c3ccc(O)cc3)oc(=O)c2c1. The molecule has 0 aliphatic rings. The number of phenolic OH excluding ortho intramolecular Hbond substituents is 1. The van der Waals surface area contributed by atoms with Crippen LogP contribution in [0.4, 0.5) is 17.4 Å². The van der Waals surface area contributed by atoms with Gasteiger partial charge in [0, 0.05) is 0 Å². The first kappa shape index (κ1) is 15.9. The highest BCUT2D eigenvalue weighted by Gasteiger charge is 2.18. The molecule has 5 heteroatoms. The maximum atomic E-state index is 12.5. The zero-order valence-electron chi connectivity index (χ0n) is 14.1. The summed E-state index contributed by atoms with van der Waals surface area (Å²) in [5.41, 5.74) is 2.61. The molecule has 1 N–H and O–H groups in total. The number of phenols is 1. The van der Waals surface area contributed by atoms with Crippen molar-refractivity contribution in [1.29, 1.82) is 0 Å². The highest BCUT2D eigenvalue weighted by molar-refractivity contribution is 5.80. The molecule has 26 heavy (non-hydrogen) atoms. The van der Waals surface area contributed by atoms with Crippen LogP contribution in [0.15, 0.2) is 82.0 Å². The zero-order chi connectivity index (χ0) is 18.1. The number of hydrogen-bond donors (Lipinski definition) is 1. The molecule has 0 aliphatic carbocycles. The Bertz CT molecular complexity index is 1120. The molecule has 0 atom stereocenters. The molecule has 4 aromatic rings. The fourth-order valence-electron chi connectivity index (χ4n) is 2.82. The summed E-state index contributed by atoms with van der Waals surface area (Å²) in [6.45, 7) is 1.92. The number of rotatable bonds is 3. The van der Waals surface area contributed by atoms with Gasteiger partial charge in [-0.2, -0.15) is 4.98 Å². The molecule has 1 aromatic heterocycles. The van der Waals surface area contributed by atoms with Gasteiger partial charge in [-0.15, -0.1) is 0 Å². The highest BCUT2D eigenvalue weighted by Crippen LogP contribution is 2.33. The Labute approximate surface area is 149 Å². The Morgan fingerprint density at radius 3 is 2.35 bits per heavy atom. The van der Waals surface area contributed by atoms with Crippen LogP contribution in [-0.2, 0) is 0 Å². The number of nitrogens with zero attached hydrogens (tertiary/aromatic N) is 2. The van der Waals surface area contributed by atoms with Crippen LogP contribution in [0.2, 0.25) is 0 Å². The van der Waals surface area contributed by atoms with E-state index in [2.05, 4.69) is 4.98 Å². The van der Waals surface area contributed by atoms with Crippen molar-refractivity contribution >= 4 is 28.3 Å². The summed E-state index contributed by atoms with van der Waals surface area (Å²) in [7, 11) is 0. The first-order valence-corrected chi connectivity index (χ1v) is 8.17. The average Bonchev–Trinajstić information content (AvgIpc) is 2.65. The number of para-hydroxylation sites is 1. The van der Waals surface area contributed by atoms with Gasteiger partial charge < -0.3 is 9.52 Å². The van der Waals surface area contributed by atoms with Crippen molar-refractivity contribution < 1.29 is 9.52 Å². The Kier molecular flexibility index (Phi) is 3.89. The minimum absolute atomic E-state index is 0.158. The summed E-state index contributed by atoms with van der Waals surface area (Å²) in [6.07, 6.45) is 0. The predicted molar refractivity (Wildman–Crippen MR) is 101 cm³/mol. The van der Waals surface area contributed by atoms with Gasteiger partial charge in [-0.05, 0) is 55.5 Å². The molecule has 0 unspecified atom stereocenters. The number of fused-ring (bicyclic) bond motifs is 1. The lowest BCUT2D eigenvalue weighted by molar-refractivity contribution is 0.475. The summed E-state index contributed by atoms with van der Waals surface area (Å²) in [5.74, 6) is 0.158. The van der Waals surface area contributed by atoms with Crippen molar-refractivity contribution in [1.82, 2.24) is 4.98 Å². The molecule has 0 fully saturated rings. The number of hydrogen-bond acceptors (Lipinski definition) is 5. The van der Waals surface area contributed by atoms with Gasteiger partial charge in [0.1, 0.15) is 5.75 Å². The third-order valence-electron chi connectivity index (χ3n) is 4.09. The van der Waals surface area contributed by atoms with Gasteiger partial charge in [0.25, 0.3) is 0 Å². The fraction of sp³-hybridized carbons (Fsp3) is 0.0476. The summed E-state index contributed by atoms with van der Waals surface area (Å²) < 4.78 is 5.54. The van der Waals surface area contributed by atoms with E-state index in [1.165, 1.54) is 0 Å². The van der Waals surface area contributed by atoms with E-state index in [0.29, 0.717) is 10.9 Å². The van der Waals surface area contributed by atoms with Crippen LogP contribution in [0, 0.1) is 6.92 Å². The molecule has 0 amide bonds. The van der Waals surface area contributed by atoms with Gasteiger partial charge >= 0.3 is 11.6 Å². The van der Waals surface area contributed by atoms with Crippen molar-refractivity contribution in [3.8, 4) is 5.75 Å². The van der Waals surface area contributed by atoms with Gasteiger partial charge in [-0.1, -0.05) is 29.8 Å². The monoisotopic (exact) mass is 344 g/mol. The quantitative estimate of drug-likeness (QED) is 0.585. The Balaban J connectivity index is 1.94. The lowest BCUT2D eigenvalue weighted by Crippen LogP contribution is -2.15. The number of aryl methyl sites for hydroxylation is 1. The Morgan fingerprint density at radius 2 is 1.62 bits per heavy atom. The Hall–Kier alpha value is -3.60. The van der Waals surface area contributed by atoms with Crippen LogP contribution < -0.4 is 10.5 Å². The molecule has 128 valence electrons. The molecule has 4 rings (SSSR count). The van der Waals surface area contributed by atoms with E-state index in [0.717, 1.165) is 16.9 Å². The van der Waals surface area contributed by atoms with Gasteiger partial charge in [0.05, 0.1) is 22.3 Å². The minimum Gasteiger partial charge on any atom is -0.508 e. The average molecular weight is 344 g/mol. The standard InChI is InChI=1S/C21H16N2O3/c1-14-7-12-19-18(13-14)20(25)26-21(22-19)23(15-5-3-2-4-6-15)16-8-10-17(24)11-9-16/h2-13,24H,1H3.